The number of halogens is 3. The molecule has 1 rings (SSSR count). The maximum atomic E-state index is 12.6. The first-order valence-corrected chi connectivity index (χ1v) is 6.01. The SMILES string of the molecule is COc1ccc(OCCC(CCN)C(F)(F)F)cc1. The molecule has 0 radical (unpaired) electrons. The number of hydrogen-bond acceptors (Lipinski definition) is 3. The quantitative estimate of drug-likeness (QED) is 0.833. The zero-order chi connectivity index (χ0) is 14.3. The highest BCUT2D eigenvalue weighted by molar-refractivity contribution is 5.31. The van der Waals surface area contributed by atoms with Gasteiger partial charge >= 0.3 is 6.18 Å². The number of nitrogens with two attached hydrogens (primary N) is 1. The van der Waals surface area contributed by atoms with Gasteiger partial charge in [0.15, 0.2) is 0 Å². The van der Waals surface area contributed by atoms with Crippen molar-refractivity contribution in [2.24, 2.45) is 11.7 Å². The first-order chi connectivity index (χ1) is 8.97. The molecule has 1 unspecified atom stereocenters. The zero-order valence-electron chi connectivity index (χ0n) is 10.7. The molecule has 0 amide bonds. The Kier molecular flexibility index (Phi) is 5.95. The van der Waals surface area contributed by atoms with Gasteiger partial charge in [-0.2, -0.15) is 13.2 Å². The van der Waals surface area contributed by atoms with E-state index in [1.807, 2.05) is 0 Å². The molecule has 0 bridgehead atoms. The lowest BCUT2D eigenvalue weighted by Crippen LogP contribution is -2.27. The van der Waals surface area contributed by atoms with Gasteiger partial charge in [-0.15, -0.1) is 0 Å². The summed E-state index contributed by atoms with van der Waals surface area (Å²) in [6.07, 6.45) is -4.38. The molecule has 2 N–H and O–H groups in total. The minimum Gasteiger partial charge on any atom is -0.497 e. The second kappa shape index (κ2) is 7.23. The monoisotopic (exact) mass is 277 g/mol. The lowest BCUT2D eigenvalue weighted by Gasteiger charge is -2.19. The Morgan fingerprint density at radius 2 is 1.68 bits per heavy atom. The van der Waals surface area contributed by atoms with E-state index in [1.165, 1.54) is 7.11 Å². The molecule has 0 fully saturated rings. The van der Waals surface area contributed by atoms with Crippen LogP contribution in [0.3, 0.4) is 0 Å². The van der Waals surface area contributed by atoms with E-state index in [2.05, 4.69) is 0 Å². The van der Waals surface area contributed by atoms with Gasteiger partial charge in [0.05, 0.1) is 19.6 Å². The minimum absolute atomic E-state index is 0.0104. The fraction of sp³-hybridized carbons (Fsp3) is 0.538. The van der Waals surface area contributed by atoms with Crippen LogP contribution in [0.1, 0.15) is 12.8 Å². The molecular formula is C13H18F3NO2. The van der Waals surface area contributed by atoms with E-state index in [0.717, 1.165) is 0 Å². The molecule has 0 aliphatic carbocycles. The second-order valence-corrected chi connectivity index (χ2v) is 4.13. The lowest BCUT2D eigenvalue weighted by atomic mass is 10.0. The molecule has 6 heteroatoms. The van der Waals surface area contributed by atoms with Gasteiger partial charge in [-0.1, -0.05) is 0 Å². The molecule has 0 spiro atoms. The van der Waals surface area contributed by atoms with E-state index in [9.17, 15) is 13.2 Å². The Hall–Kier alpha value is -1.43. The Balaban J connectivity index is 2.42. The normalized spacial score (nSPS) is 13.1. The summed E-state index contributed by atoms with van der Waals surface area (Å²) in [5.41, 5.74) is 5.19. The molecule has 1 atom stereocenters. The Bertz CT molecular complexity index is 365. The van der Waals surface area contributed by atoms with Crippen molar-refractivity contribution in [3.05, 3.63) is 24.3 Å². The molecular weight excluding hydrogens is 259 g/mol. The first-order valence-electron chi connectivity index (χ1n) is 6.01. The van der Waals surface area contributed by atoms with Crippen LogP contribution in [0.4, 0.5) is 13.2 Å². The van der Waals surface area contributed by atoms with Gasteiger partial charge in [0, 0.05) is 0 Å². The fourth-order valence-corrected chi connectivity index (χ4v) is 1.66. The molecule has 0 aliphatic heterocycles. The van der Waals surface area contributed by atoms with Crippen molar-refractivity contribution in [2.75, 3.05) is 20.3 Å². The molecule has 3 nitrogen and oxygen atoms in total. The predicted molar refractivity (Wildman–Crippen MR) is 66.3 cm³/mol. The van der Waals surface area contributed by atoms with Crippen molar-refractivity contribution in [3.8, 4) is 11.5 Å². The van der Waals surface area contributed by atoms with E-state index < -0.39 is 12.1 Å². The van der Waals surface area contributed by atoms with E-state index >= 15 is 0 Å². The van der Waals surface area contributed by atoms with Gasteiger partial charge < -0.3 is 15.2 Å². The smallest absolute Gasteiger partial charge is 0.391 e. The molecule has 0 saturated heterocycles. The van der Waals surface area contributed by atoms with Crippen LogP contribution in [0.5, 0.6) is 11.5 Å². The number of rotatable bonds is 7. The maximum absolute atomic E-state index is 12.6. The third-order valence-corrected chi connectivity index (χ3v) is 2.77. The van der Waals surface area contributed by atoms with E-state index in [4.69, 9.17) is 15.2 Å². The van der Waals surface area contributed by atoms with Crippen molar-refractivity contribution >= 4 is 0 Å². The van der Waals surface area contributed by atoms with E-state index in [-0.39, 0.29) is 26.0 Å². The third-order valence-electron chi connectivity index (χ3n) is 2.77. The average molecular weight is 277 g/mol. The van der Waals surface area contributed by atoms with Crippen LogP contribution in [-0.2, 0) is 0 Å². The summed E-state index contributed by atoms with van der Waals surface area (Å²) in [4.78, 5) is 0. The summed E-state index contributed by atoms with van der Waals surface area (Å²) < 4.78 is 48.1. The van der Waals surface area contributed by atoms with Crippen LogP contribution in [0, 0.1) is 5.92 Å². The van der Waals surface area contributed by atoms with Crippen molar-refractivity contribution < 1.29 is 22.6 Å². The molecule has 0 aliphatic rings. The lowest BCUT2D eigenvalue weighted by molar-refractivity contribution is -0.178. The topological polar surface area (TPSA) is 44.5 Å². The summed E-state index contributed by atoms with van der Waals surface area (Å²) in [7, 11) is 1.54. The van der Waals surface area contributed by atoms with E-state index in [1.54, 1.807) is 24.3 Å². The third kappa shape index (κ3) is 5.38. The molecule has 1 aromatic rings. The van der Waals surface area contributed by atoms with Crippen molar-refractivity contribution in [3.63, 3.8) is 0 Å². The fourth-order valence-electron chi connectivity index (χ4n) is 1.66. The van der Waals surface area contributed by atoms with Crippen LogP contribution in [0.15, 0.2) is 24.3 Å². The molecule has 0 aromatic heterocycles. The standard InChI is InChI=1S/C13H18F3NO2/c1-18-11-2-4-12(5-3-11)19-9-7-10(6-8-17)13(14,15)16/h2-5,10H,6-9,17H2,1H3. The van der Waals surface area contributed by atoms with Crippen LogP contribution < -0.4 is 15.2 Å². The number of hydrogen-bond donors (Lipinski definition) is 1. The Morgan fingerprint density at radius 1 is 1.11 bits per heavy atom. The molecule has 19 heavy (non-hydrogen) atoms. The maximum Gasteiger partial charge on any atom is 0.391 e. The van der Waals surface area contributed by atoms with Crippen molar-refractivity contribution in [2.45, 2.75) is 19.0 Å². The molecule has 0 heterocycles. The van der Waals surface area contributed by atoms with Gasteiger partial charge in [0.2, 0.25) is 0 Å². The Morgan fingerprint density at radius 3 is 2.16 bits per heavy atom. The highest BCUT2D eigenvalue weighted by atomic mass is 19.4. The number of benzene rings is 1. The largest absolute Gasteiger partial charge is 0.497 e. The van der Waals surface area contributed by atoms with Gasteiger partial charge in [-0.25, -0.2) is 0 Å². The summed E-state index contributed by atoms with van der Waals surface area (Å²) in [5, 5.41) is 0. The molecule has 1 aromatic carbocycles. The van der Waals surface area contributed by atoms with Crippen molar-refractivity contribution in [1.29, 1.82) is 0 Å². The zero-order valence-corrected chi connectivity index (χ0v) is 10.7. The van der Waals surface area contributed by atoms with Gasteiger partial charge in [0.1, 0.15) is 11.5 Å². The summed E-state index contributed by atoms with van der Waals surface area (Å²) in [6, 6.07) is 6.70. The van der Waals surface area contributed by atoms with Gasteiger partial charge in [-0.3, -0.25) is 0 Å². The predicted octanol–water partition coefficient (Wildman–Crippen LogP) is 2.99. The second-order valence-electron chi connectivity index (χ2n) is 4.13. The van der Waals surface area contributed by atoms with Gasteiger partial charge in [0.25, 0.3) is 0 Å². The van der Waals surface area contributed by atoms with Crippen LogP contribution >= 0.6 is 0 Å². The summed E-state index contributed by atoms with van der Waals surface area (Å²) >= 11 is 0. The minimum atomic E-state index is -4.22. The first kappa shape index (κ1) is 15.6. The van der Waals surface area contributed by atoms with Crippen LogP contribution in [0.25, 0.3) is 0 Å². The Labute approximate surface area is 110 Å². The van der Waals surface area contributed by atoms with Crippen LogP contribution in [-0.4, -0.2) is 26.4 Å². The summed E-state index contributed by atoms with van der Waals surface area (Å²) in [5.74, 6) is -0.214. The summed E-state index contributed by atoms with van der Waals surface area (Å²) in [6.45, 7) is 0.0310. The molecule has 108 valence electrons. The molecule has 0 saturated carbocycles. The number of methoxy groups -OCH3 is 1. The van der Waals surface area contributed by atoms with Crippen LogP contribution in [0.2, 0.25) is 0 Å². The van der Waals surface area contributed by atoms with Gasteiger partial charge in [-0.05, 0) is 43.7 Å². The average Bonchev–Trinajstić information content (AvgIpc) is 2.37. The van der Waals surface area contributed by atoms with Crippen molar-refractivity contribution in [1.82, 2.24) is 0 Å². The highest BCUT2D eigenvalue weighted by Gasteiger charge is 2.38. The highest BCUT2D eigenvalue weighted by Crippen LogP contribution is 2.31. The van der Waals surface area contributed by atoms with E-state index in [0.29, 0.717) is 11.5 Å². The number of alkyl halides is 3. The number of ether oxygens (including phenoxy) is 2.